The molecule has 0 saturated heterocycles. The predicted octanol–water partition coefficient (Wildman–Crippen LogP) is 5.43. The number of halogens is 3. The third-order valence-electron chi connectivity index (χ3n) is 2.37. The van der Waals surface area contributed by atoms with Crippen LogP contribution in [0.5, 0.6) is 0 Å². The lowest BCUT2D eigenvalue weighted by atomic mass is 10.3. The van der Waals surface area contributed by atoms with Gasteiger partial charge in [0.25, 0.3) is 0 Å². The van der Waals surface area contributed by atoms with Gasteiger partial charge in [-0.05, 0) is 50.1 Å². The SMILES string of the molecule is Nc1cc(Br)cc2nc(-c3cc(Br)sc3Br)oc12. The molecule has 0 bridgehead atoms. The van der Waals surface area contributed by atoms with Crippen molar-refractivity contribution in [2.45, 2.75) is 0 Å². The highest BCUT2D eigenvalue weighted by atomic mass is 79.9. The van der Waals surface area contributed by atoms with Gasteiger partial charge in [0, 0.05) is 4.47 Å². The third-order valence-corrected chi connectivity index (χ3v) is 5.17. The van der Waals surface area contributed by atoms with Crippen LogP contribution in [-0.2, 0) is 0 Å². The fourth-order valence-corrected chi connectivity index (χ4v) is 4.87. The Bertz CT molecular complexity index is 750. The minimum atomic E-state index is 0.559. The van der Waals surface area contributed by atoms with Crippen molar-refractivity contribution in [3.8, 4) is 11.5 Å². The number of nitrogens with two attached hydrogens (primary N) is 1. The quantitative estimate of drug-likeness (QED) is 0.501. The standard InChI is InChI=1S/C11H5Br3N2OS/c12-4-1-6(15)9-7(2-4)16-11(17-9)5-3-8(13)18-10(5)14/h1-3H,15H2. The number of thiophene rings is 1. The van der Waals surface area contributed by atoms with Crippen LogP contribution in [0.25, 0.3) is 22.6 Å². The maximum Gasteiger partial charge on any atom is 0.229 e. The minimum absolute atomic E-state index is 0.559. The first-order valence-electron chi connectivity index (χ1n) is 4.85. The Hall–Kier alpha value is -0.370. The average molecular weight is 453 g/mol. The van der Waals surface area contributed by atoms with Crippen molar-refractivity contribution in [2.75, 3.05) is 5.73 Å². The summed E-state index contributed by atoms with van der Waals surface area (Å²) in [5, 5.41) is 0. The number of fused-ring (bicyclic) bond motifs is 1. The molecule has 0 fully saturated rings. The number of nitrogen functional groups attached to an aromatic ring is 1. The molecule has 0 atom stereocenters. The Labute approximate surface area is 132 Å². The van der Waals surface area contributed by atoms with Crippen LogP contribution in [0.1, 0.15) is 0 Å². The van der Waals surface area contributed by atoms with Gasteiger partial charge in [-0.3, -0.25) is 0 Å². The van der Waals surface area contributed by atoms with E-state index < -0.39 is 0 Å². The molecule has 2 N–H and O–H groups in total. The molecule has 2 heterocycles. The van der Waals surface area contributed by atoms with Gasteiger partial charge in [0.15, 0.2) is 5.58 Å². The second kappa shape index (κ2) is 4.63. The van der Waals surface area contributed by atoms with Crippen LogP contribution in [0, 0.1) is 0 Å². The van der Waals surface area contributed by atoms with E-state index in [4.69, 9.17) is 10.2 Å². The van der Waals surface area contributed by atoms with Gasteiger partial charge in [-0.1, -0.05) is 15.9 Å². The van der Waals surface area contributed by atoms with E-state index in [0.29, 0.717) is 17.2 Å². The number of anilines is 1. The molecule has 3 aromatic rings. The van der Waals surface area contributed by atoms with Crippen LogP contribution in [0.3, 0.4) is 0 Å². The zero-order chi connectivity index (χ0) is 12.9. The third kappa shape index (κ3) is 2.13. The first-order chi connectivity index (χ1) is 8.54. The Balaban J connectivity index is 2.25. The summed E-state index contributed by atoms with van der Waals surface area (Å²) in [6, 6.07) is 5.65. The Morgan fingerprint density at radius 2 is 1.94 bits per heavy atom. The average Bonchev–Trinajstić information content (AvgIpc) is 2.81. The number of aromatic nitrogens is 1. The van der Waals surface area contributed by atoms with Gasteiger partial charge in [-0.2, -0.15) is 0 Å². The normalized spacial score (nSPS) is 11.3. The van der Waals surface area contributed by atoms with Crippen LogP contribution >= 0.6 is 59.1 Å². The van der Waals surface area contributed by atoms with Crippen molar-refractivity contribution >= 4 is 75.9 Å². The summed E-state index contributed by atoms with van der Waals surface area (Å²) in [7, 11) is 0. The van der Waals surface area contributed by atoms with E-state index in [1.54, 1.807) is 17.4 Å². The molecular weight excluding hydrogens is 448 g/mol. The number of hydrogen-bond donors (Lipinski definition) is 1. The van der Waals surface area contributed by atoms with Gasteiger partial charge in [-0.15, -0.1) is 11.3 Å². The van der Waals surface area contributed by atoms with Crippen molar-refractivity contribution in [1.29, 1.82) is 0 Å². The topological polar surface area (TPSA) is 52.0 Å². The van der Waals surface area contributed by atoms with E-state index in [1.165, 1.54) is 0 Å². The largest absolute Gasteiger partial charge is 0.434 e. The van der Waals surface area contributed by atoms with Crippen molar-refractivity contribution in [3.05, 3.63) is 30.2 Å². The zero-order valence-corrected chi connectivity index (χ0v) is 14.3. The van der Waals surface area contributed by atoms with Gasteiger partial charge in [0.2, 0.25) is 5.89 Å². The predicted molar refractivity (Wildman–Crippen MR) is 84.8 cm³/mol. The van der Waals surface area contributed by atoms with E-state index in [-0.39, 0.29) is 0 Å². The smallest absolute Gasteiger partial charge is 0.229 e. The molecule has 92 valence electrons. The van der Waals surface area contributed by atoms with E-state index in [1.807, 2.05) is 12.1 Å². The highest BCUT2D eigenvalue weighted by molar-refractivity contribution is 9.12. The van der Waals surface area contributed by atoms with Crippen molar-refractivity contribution in [2.24, 2.45) is 0 Å². The molecule has 0 amide bonds. The van der Waals surface area contributed by atoms with E-state index >= 15 is 0 Å². The molecule has 0 aliphatic heterocycles. The fourth-order valence-electron chi connectivity index (χ4n) is 1.62. The Kier molecular flexibility index (Phi) is 3.25. The van der Waals surface area contributed by atoms with Gasteiger partial charge < -0.3 is 10.2 Å². The molecule has 0 aliphatic rings. The second-order valence-corrected chi connectivity index (χ2v) is 8.27. The van der Waals surface area contributed by atoms with Crippen molar-refractivity contribution < 1.29 is 4.42 Å². The lowest BCUT2D eigenvalue weighted by Gasteiger charge is -1.94. The van der Waals surface area contributed by atoms with Crippen molar-refractivity contribution in [3.63, 3.8) is 0 Å². The van der Waals surface area contributed by atoms with E-state index in [2.05, 4.69) is 52.8 Å². The number of rotatable bonds is 1. The number of oxazole rings is 1. The van der Waals surface area contributed by atoms with Gasteiger partial charge in [0.05, 0.1) is 18.8 Å². The van der Waals surface area contributed by atoms with E-state index in [0.717, 1.165) is 23.1 Å². The zero-order valence-electron chi connectivity index (χ0n) is 8.71. The lowest BCUT2D eigenvalue weighted by molar-refractivity contribution is 0.621. The van der Waals surface area contributed by atoms with Crippen molar-refractivity contribution in [1.82, 2.24) is 4.98 Å². The summed E-state index contributed by atoms with van der Waals surface area (Å²) in [6.07, 6.45) is 0. The minimum Gasteiger partial charge on any atom is -0.434 e. The monoisotopic (exact) mass is 450 g/mol. The maximum atomic E-state index is 5.91. The van der Waals surface area contributed by atoms with Gasteiger partial charge in [-0.25, -0.2) is 4.98 Å². The number of hydrogen-bond acceptors (Lipinski definition) is 4. The van der Waals surface area contributed by atoms with Gasteiger partial charge in [0.1, 0.15) is 5.52 Å². The Morgan fingerprint density at radius 3 is 2.61 bits per heavy atom. The maximum absolute atomic E-state index is 5.91. The first-order valence-corrected chi connectivity index (χ1v) is 8.05. The van der Waals surface area contributed by atoms with Crippen LogP contribution in [0.15, 0.2) is 34.7 Å². The molecule has 3 nitrogen and oxygen atoms in total. The summed E-state index contributed by atoms with van der Waals surface area (Å²) in [5.74, 6) is 0.559. The van der Waals surface area contributed by atoms with Crippen LogP contribution in [0.4, 0.5) is 5.69 Å². The molecular formula is C11H5Br3N2OS. The van der Waals surface area contributed by atoms with Crippen LogP contribution in [0.2, 0.25) is 0 Å². The second-order valence-electron chi connectivity index (χ2n) is 3.60. The number of nitrogens with zero attached hydrogens (tertiary/aromatic N) is 1. The summed E-state index contributed by atoms with van der Waals surface area (Å²) in [5.41, 5.74) is 8.75. The molecule has 1 aromatic carbocycles. The fraction of sp³-hybridized carbons (Fsp3) is 0. The molecule has 0 aliphatic carbocycles. The molecule has 0 spiro atoms. The molecule has 18 heavy (non-hydrogen) atoms. The van der Waals surface area contributed by atoms with Crippen LogP contribution in [-0.4, -0.2) is 4.98 Å². The molecule has 7 heteroatoms. The molecule has 3 rings (SSSR count). The molecule has 0 unspecified atom stereocenters. The highest BCUT2D eigenvalue weighted by Crippen LogP contribution is 2.40. The van der Waals surface area contributed by atoms with Crippen LogP contribution < -0.4 is 5.73 Å². The van der Waals surface area contributed by atoms with E-state index in [9.17, 15) is 0 Å². The summed E-state index contributed by atoms with van der Waals surface area (Å²) < 4.78 is 8.61. The molecule has 2 aromatic heterocycles. The molecule has 0 radical (unpaired) electrons. The summed E-state index contributed by atoms with van der Waals surface area (Å²) in [4.78, 5) is 4.46. The lowest BCUT2D eigenvalue weighted by Crippen LogP contribution is -1.84. The molecule has 0 saturated carbocycles. The first kappa shape index (κ1) is 12.7. The Morgan fingerprint density at radius 1 is 1.17 bits per heavy atom. The summed E-state index contributed by atoms with van der Waals surface area (Å²) in [6.45, 7) is 0. The highest BCUT2D eigenvalue weighted by Gasteiger charge is 2.16. The van der Waals surface area contributed by atoms with Gasteiger partial charge >= 0.3 is 0 Å². The summed E-state index contributed by atoms with van der Waals surface area (Å²) >= 11 is 11.9. The number of benzene rings is 1.